The molecule has 4 heteroatoms. The van der Waals surface area contributed by atoms with Crippen molar-refractivity contribution in [3.63, 3.8) is 0 Å². The van der Waals surface area contributed by atoms with E-state index >= 15 is 0 Å². The molecule has 1 unspecified atom stereocenters. The standard InChI is InChI=1S/C17H17FN2S/c1-2-7-20-17(12-8-13(18)10-19-9-12)15-11-21-16-6-4-3-5-14(15)16/h3-6,8-11,17,20H,2,7H2,1H3. The third-order valence-electron chi connectivity index (χ3n) is 3.48. The molecule has 0 saturated carbocycles. The van der Waals surface area contributed by atoms with Crippen molar-refractivity contribution in [2.75, 3.05) is 6.54 Å². The fraction of sp³-hybridized carbons (Fsp3) is 0.235. The van der Waals surface area contributed by atoms with E-state index in [1.807, 2.05) is 12.1 Å². The van der Waals surface area contributed by atoms with Crippen molar-refractivity contribution in [2.45, 2.75) is 19.4 Å². The third kappa shape index (κ3) is 2.96. The number of rotatable bonds is 5. The maximum Gasteiger partial charge on any atom is 0.141 e. The Balaban J connectivity index is 2.06. The predicted octanol–water partition coefficient (Wildman–Crippen LogP) is 4.52. The largest absolute Gasteiger partial charge is 0.306 e. The highest BCUT2D eigenvalue weighted by molar-refractivity contribution is 7.17. The van der Waals surface area contributed by atoms with Gasteiger partial charge < -0.3 is 5.32 Å². The number of fused-ring (bicyclic) bond motifs is 1. The lowest BCUT2D eigenvalue weighted by Crippen LogP contribution is -2.23. The van der Waals surface area contributed by atoms with E-state index in [-0.39, 0.29) is 11.9 Å². The second-order valence-corrected chi connectivity index (χ2v) is 5.92. The van der Waals surface area contributed by atoms with Crippen LogP contribution in [0.4, 0.5) is 4.39 Å². The van der Waals surface area contributed by atoms with Gasteiger partial charge in [0.1, 0.15) is 5.82 Å². The lowest BCUT2D eigenvalue weighted by atomic mass is 9.99. The Labute approximate surface area is 127 Å². The van der Waals surface area contributed by atoms with Crippen molar-refractivity contribution in [1.29, 1.82) is 0 Å². The van der Waals surface area contributed by atoms with Crippen molar-refractivity contribution in [2.24, 2.45) is 0 Å². The van der Waals surface area contributed by atoms with Gasteiger partial charge in [0, 0.05) is 10.9 Å². The van der Waals surface area contributed by atoms with Gasteiger partial charge in [0.15, 0.2) is 0 Å². The monoisotopic (exact) mass is 300 g/mol. The summed E-state index contributed by atoms with van der Waals surface area (Å²) in [5.41, 5.74) is 2.06. The molecule has 0 spiro atoms. The van der Waals surface area contributed by atoms with Crippen LogP contribution in [0.5, 0.6) is 0 Å². The van der Waals surface area contributed by atoms with E-state index in [1.54, 1.807) is 23.6 Å². The average Bonchev–Trinajstić information content (AvgIpc) is 2.92. The third-order valence-corrected chi connectivity index (χ3v) is 4.46. The van der Waals surface area contributed by atoms with Crippen molar-refractivity contribution < 1.29 is 4.39 Å². The molecule has 0 aliphatic heterocycles. The topological polar surface area (TPSA) is 24.9 Å². The van der Waals surface area contributed by atoms with E-state index < -0.39 is 0 Å². The summed E-state index contributed by atoms with van der Waals surface area (Å²) in [7, 11) is 0. The summed E-state index contributed by atoms with van der Waals surface area (Å²) >= 11 is 1.72. The van der Waals surface area contributed by atoms with Crippen molar-refractivity contribution >= 4 is 21.4 Å². The zero-order valence-corrected chi connectivity index (χ0v) is 12.7. The van der Waals surface area contributed by atoms with Crippen molar-refractivity contribution in [3.05, 3.63) is 65.0 Å². The van der Waals surface area contributed by atoms with Crippen LogP contribution in [-0.4, -0.2) is 11.5 Å². The van der Waals surface area contributed by atoms with Crippen LogP contribution in [0.15, 0.2) is 48.1 Å². The van der Waals surface area contributed by atoms with Crippen LogP contribution in [0.3, 0.4) is 0 Å². The highest BCUT2D eigenvalue weighted by Gasteiger charge is 2.18. The summed E-state index contributed by atoms with van der Waals surface area (Å²) in [5.74, 6) is -0.296. The van der Waals surface area contributed by atoms with Gasteiger partial charge in [0.25, 0.3) is 0 Å². The van der Waals surface area contributed by atoms with E-state index in [0.717, 1.165) is 18.5 Å². The normalized spacial score (nSPS) is 12.7. The molecule has 2 aromatic heterocycles. The molecule has 0 saturated heterocycles. The molecule has 1 atom stereocenters. The lowest BCUT2D eigenvalue weighted by molar-refractivity contribution is 0.583. The van der Waals surface area contributed by atoms with Crippen molar-refractivity contribution in [3.8, 4) is 0 Å². The molecule has 21 heavy (non-hydrogen) atoms. The number of thiophene rings is 1. The molecule has 2 heterocycles. The van der Waals surface area contributed by atoms with Crippen LogP contribution in [-0.2, 0) is 0 Å². The van der Waals surface area contributed by atoms with Gasteiger partial charge in [-0.3, -0.25) is 4.98 Å². The van der Waals surface area contributed by atoms with Crippen LogP contribution in [0.1, 0.15) is 30.5 Å². The van der Waals surface area contributed by atoms with Crippen LogP contribution in [0.2, 0.25) is 0 Å². The molecular weight excluding hydrogens is 283 g/mol. The molecule has 3 rings (SSSR count). The van der Waals surface area contributed by atoms with E-state index in [1.165, 1.54) is 21.8 Å². The minimum atomic E-state index is -0.296. The van der Waals surface area contributed by atoms with E-state index in [2.05, 4.69) is 34.7 Å². The minimum absolute atomic E-state index is 0.0238. The average molecular weight is 300 g/mol. The zero-order valence-electron chi connectivity index (χ0n) is 11.8. The Morgan fingerprint density at radius 1 is 1.29 bits per heavy atom. The fourth-order valence-electron chi connectivity index (χ4n) is 2.50. The highest BCUT2D eigenvalue weighted by Crippen LogP contribution is 2.33. The Kier molecular flexibility index (Phi) is 4.27. The number of benzene rings is 1. The number of hydrogen-bond acceptors (Lipinski definition) is 3. The number of aromatic nitrogens is 1. The highest BCUT2D eigenvalue weighted by atomic mass is 32.1. The molecule has 1 aromatic carbocycles. The first-order chi connectivity index (χ1) is 10.3. The molecule has 0 radical (unpaired) electrons. The molecule has 0 bridgehead atoms. The van der Waals surface area contributed by atoms with Gasteiger partial charge in [0.05, 0.1) is 12.2 Å². The number of hydrogen-bond donors (Lipinski definition) is 1. The molecule has 0 fully saturated rings. The smallest absolute Gasteiger partial charge is 0.141 e. The van der Waals surface area contributed by atoms with Gasteiger partial charge >= 0.3 is 0 Å². The van der Waals surface area contributed by atoms with Gasteiger partial charge in [-0.25, -0.2) is 4.39 Å². The fourth-order valence-corrected chi connectivity index (χ4v) is 3.49. The Hall–Kier alpha value is -1.78. The van der Waals surface area contributed by atoms with Gasteiger partial charge in [0.2, 0.25) is 0 Å². The summed E-state index contributed by atoms with van der Waals surface area (Å²) in [4.78, 5) is 3.99. The maximum absolute atomic E-state index is 13.5. The molecule has 0 amide bonds. The summed E-state index contributed by atoms with van der Waals surface area (Å²) in [6, 6.07) is 9.86. The molecule has 1 N–H and O–H groups in total. The molecule has 3 aromatic rings. The number of pyridine rings is 1. The lowest BCUT2D eigenvalue weighted by Gasteiger charge is -2.18. The van der Waals surface area contributed by atoms with E-state index in [9.17, 15) is 4.39 Å². The number of nitrogens with zero attached hydrogens (tertiary/aromatic N) is 1. The Bertz CT molecular complexity index is 738. The van der Waals surface area contributed by atoms with E-state index in [0.29, 0.717) is 0 Å². The molecular formula is C17H17FN2S. The van der Waals surface area contributed by atoms with Crippen LogP contribution in [0.25, 0.3) is 10.1 Å². The SMILES string of the molecule is CCCNC(c1cncc(F)c1)c1csc2ccccc12. The number of halogens is 1. The number of nitrogens with one attached hydrogen (secondary N) is 1. The first kappa shape index (κ1) is 14.2. The van der Waals surface area contributed by atoms with Gasteiger partial charge in [-0.05, 0) is 47.0 Å². The second kappa shape index (κ2) is 6.33. The first-order valence-electron chi connectivity index (χ1n) is 7.09. The van der Waals surface area contributed by atoms with Crippen molar-refractivity contribution in [1.82, 2.24) is 10.3 Å². The maximum atomic E-state index is 13.5. The molecule has 2 nitrogen and oxygen atoms in total. The van der Waals surface area contributed by atoms with Crippen LogP contribution >= 0.6 is 11.3 Å². The summed E-state index contributed by atoms with van der Waals surface area (Å²) in [6.45, 7) is 3.00. The summed E-state index contributed by atoms with van der Waals surface area (Å²) < 4.78 is 14.8. The van der Waals surface area contributed by atoms with E-state index in [4.69, 9.17) is 0 Å². The van der Waals surface area contributed by atoms with Gasteiger partial charge in [-0.15, -0.1) is 11.3 Å². The van der Waals surface area contributed by atoms with Gasteiger partial charge in [-0.2, -0.15) is 0 Å². The minimum Gasteiger partial charge on any atom is -0.306 e. The molecule has 0 aliphatic carbocycles. The summed E-state index contributed by atoms with van der Waals surface area (Å²) in [5, 5.41) is 6.89. The van der Waals surface area contributed by atoms with Gasteiger partial charge in [-0.1, -0.05) is 25.1 Å². The zero-order chi connectivity index (χ0) is 14.7. The first-order valence-corrected chi connectivity index (χ1v) is 7.97. The molecule has 0 aliphatic rings. The Morgan fingerprint density at radius 2 is 2.14 bits per heavy atom. The Morgan fingerprint density at radius 3 is 2.95 bits per heavy atom. The quantitative estimate of drug-likeness (QED) is 0.749. The summed E-state index contributed by atoms with van der Waals surface area (Å²) in [6.07, 6.45) is 4.01. The van der Waals surface area contributed by atoms with Crippen LogP contribution < -0.4 is 5.32 Å². The predicted molar refractivity (Wildman–Crippen MR) is 86.2 cm³/mol. The second-order valence-electron chi connectivity index (χ2n) is 5.01. The molecule has 108 valence electrons. The van der Waals surface area contributed by atoms with Crippen LogP contribution in [0, 0.1) is 5.82 Å².